The predicted molar refractivity (Wildman–Crippen MR) is 127 cm³/mol. The van der Waals surface area contributed by atoms with Crippen LogP contribution in [0.15, 0.2) is 36.4 Å². The van der Waals surface area contributed by atoms with Gasteiger partial charge in [0.15, 0.2) is 0 Å². The number of nitrogens with zero attached hydrogens (tertiary/aromatic N) is 1. The maximum Gasteiger partial charge on any atom is 0.345 e. The molecule has 3 rings (SSSR count). The summed E-state index contributed by atoms with van der Waals surface area (Å²) >= 11 is 7.84. The van der Waals surface area contributed by atoms with Gasteiger partial charge in [0.05, 0.1) is 24.6 Å². The van der Waals surface area contributed by atoms with Crippen molar-refractivity contribution in [2.24, 2.45) is 0 Å². The summed E-state index contributed by atoms with van der Waals surface area (Å²) in [5.41, 5.74) is 2.30. The summed E-state index contributed by atoms with van der Waals surface area (Å²) in [5.74, 6) is -0.711. The van der Waals surface area contributed by atoms with Crippen molar-refractivity contribution >= 4 is 34.6 Å². The molecule has 1 aliphatic rings. The molecule has 2 N–H and O–H groups in total. The zero-order valence-electron chi connectivity index (χ0n) is 18.0. The van der Waals surface area contributed by atoms with E-state index >= 15 is 0 Å². The number of anilines is 1. The number of ether oxygens (including phenoxy) is 1. The van der Waals surface area contributed by atoms with E-state index < -0.39 is 5.97 Å². The standard InChI is InChI=1S/C24H32ClNO4S/c1-2-3-4-5-18(14-27)17-6-8-19(9-7-17)26-13-12-21(25)22(26)16-30-15-20-10-11-23(31-20)24(28)29/h6-11,18,21-22,27H,2-5,12-16H2,1H3,(H,28,29)/t18?,21?,22-/m0/s1. The molecule has 3 atom stereocenters. The summed E-state index contributed by atoms with van der Waals surface area (Å²) in [7, 11) is 0. The first kappa shape index (κ1) is 24.1. The topological polar surface area (TPSA) is 70.0 Å². The van der Waals surface area contributed by atoms with E-state index in [0.717, 1.165) is 36.4 Å². The van der Waals surface area contributed by atoms with Crippen molar-refractivity contribution in [1.29, 1.82) is 0 Å². The minimum atomic E-state index is -0.906. The molecule has 31 heavy (non-hydrogen) atoms. The van der Waals surface area contributed by atoms with Gasteiger partial charge in [0.2, 0.25) is 0 Å². The summed E-state index contributed by atoms with van der Waals surface area (Å²) in [6, 6.07) is 12.0. The zero-order chi connectivity index (χ0) is 22.2. The maximum atomic E-state index is 11.0. The third-order valence-electron chi connectivity index (χ3n) is 5.94. The van der Waals surface area contributed by atoms with Gasteiger partial charge >= 0.3 is 5.97 Å². The summed E-state index contributed by atoms with van der Waals surface area (Å²) in [5, 5.41) is 18.8. The van der Waals surface area contributed by atoms with Crippen molar-refractivity contribution in [2.75, 3.05) is 24.7 Å². The fraction of sp³-hybridized carbons (Fsp3) is 0.542. The fourth-order valence-corrected chi connectivity index (χ4v) is 5.21. The van der Waals surface area contributed by atoms with Crippen LogP contribution in [0.25, 0.3) is 0 Å². The van der Waals surface area contributed by atoms with Gasteiger partial charge < -0.3 is 19.8 Å². The number of halogens is 1. The van der Waals surface area contributed by atoms with Gasteiger partial charge in [0, 0.05) is 29.6 Å². The first-order valence-electron chi connectivity index (χ1n) is 11.0. The second-order valence-corrected chi connectivity index (χ2v) is 9.85. The van der Waals surface area contributed by atoms with E-state index in [-0.39, 0.29) is 23.9 Å². The summed E-state index contributed by atoms with van der Waals surface area (Å²) in [6.45, 7) is 4.13. The molecule has 0 bridgehead atoms. The Labute approximate surface area is 193 Å². The number of hydrogen-bond acceptors (Lipinski definition) is 5. The van der Waals surface area contributed by atoms with Crippen LogP contribution in [0.4, 0.5) is 5.69 Å². The van der Waals surface area contributed by atoms with Crippen LogP contribution in [0.3, 0.4) is 0 Å². The van der Waals surface area contributed by atoms with Crippen LogP contribution >= 0.6 is 22.9 Å². The maximum absolute atomic E-state index is 11.0. The van der Waals surface area contributed by atoms with Crippen LogP contribution in [-0.4, -0.2) is 47.4 Å². The van der Waals surface area contributed by atoms with E-state index in [0.29, 0.717) is 18.1 Å². The van der Waals surface area contributed by atoms with Crippen molar-refractivity contribution in [3.8, 4) is 0 Å². The summed E-state index contributed by atoms with van der Waals surface area (Å²) in [4.78, 5) is 14.5. The molecule has 2 aromatic rings. The van der Waals surface area contributed by atoms with Crippen molar-refractivity contribution in [3.05, 3.63) is 51.7 Å². The molecule has 2 unspecified atom stereocenters. The average Bonchev–Trinajstić information content (AvgIpc) is 3.39. The Bertz CT molecular complexity index is 825. The molecule has 0 radical (unpaired) electrons. The van der Waals surface area contributed by atoms with Gasteiger partial charge in [-0.15, -0.1) is 22.9 Å². The van der Waals surface area contributed by atoms with E-state index in [4.69, 9.17) is 21.4 Å². The van der Waals surface area contributed by atoms with Gasteiger partial charge in [0.25, 0.3) is 0 Å². The van der Waals surface area contributed by atoms with Crippen molar-refractivity contribution in [3.63, 3.8) is 0 Å². The van der Waals surface area contributed by atoms with Crippen LogP contribution < -0.4 is 4.90 Å². The highest BCUT2D eigenvalue weighted by Crippen LogP contribution is 2.31. The van der Waals surface area contributed by atoms with E-state index in [1.54, 1.807) is 12.1 Å². The van der Waals surface area contributed by atoms with Crippen LogP contribution in [0.1, 0.15) is 65.1 Å². The Morgan fingerprint density at radius 2 is 2.03 bits per heavy atom. The van der Waals surface area contributed by atoms with Gasteiger partial charge in [-0.3, -0.25) is 0 Å². The first-order valence-corrected chi connectivity index (χ1v) is 12.3. The third-order valence-corrected chi connectivity index (χ3v) is 7.50. The Kier molecular flexibility index (Phi) is 9.20. The quantitative estimate of drug-likeness (QED) is 0.319. The number of aromatic carboxylic acids is 1. The highest BCUT2D eigenvalue weighted by atomic mass is 35.5. The number of rotatable bonds is 12. The lowest BCUT2D eigenvalue weighted by molar-refractivity contribution is 0.0702. The molecule has 7 heteroatoms. The molecule has 2 heterocycles. The highest BCUT2D eigenvalue weighted by molar-refractivity contribution is 7.13. The lowest BCUT2D eigenvalue weighted by Crippen LogP contribution is -2.37. The lowest BCUT2D eigenvalue weighted by atomic mass is 9.93. The van der Waals surface area contributed by atoms with Gasteiger partial charge in [-0.05, 0) is 42.7 Å². The Morgan fingerprint density at radius 3 is 2.68 bits per heavy atom. The average molecular weight is 466 g/mol. The van der Waals surface area contributed by atoms with Gasteiger partial charge in [-0.25, -0.2) is 4.79 Å². The van der Waals surface area contributed by atoms with E-state index in [2.05, 4.69) is 36.1 Å². The zero-order valence-corrected chi connectivity index (χ0v) is 19.6. The molecule has 0 saturated carbocycles. The normalized spacial score (nSPS) is 19.6. The van der Waals surface area contributed by atoms with E-state index in [1.807, 2.05) is 0 Å². The molecule has 1 fully saturated rings. The second kappa shape index (κ2) is 11.9. The summed E-state index contributed by atoms with van der Waals surface area (Å²) in [6.07, 6.45) is 5.43. The first-order chi connectivity index (χ1) is 15.0. The lowest BCUT2D eigenvalue weighted by Gasteiger charge is -2.28. The number of carboxylic acid groups (broad SMARTS) is 1. The number of aliphatic hydroxyl groups excluding tert-OH is 1. The molecule has 1 aliphatic heterocycles. The van der Waals surface area contributed by atoms with E-state index in [9.17, 15) is 9.90 Å². The molecule has 0 amide bonds. The van der Waals surface area contributed by atoms with Crippen LogP contribution in [0, 0.1) is 0 Å². The Hall–Kier alpha value is -1.60. The number of thiophene rings is 1. The molecular weight excluding hydrogens is 434 g/mol. The molecule has 0 spiro atoms. The smallest absolute Gasteiger partial charge is 0.345 e. The molecule has 1 aromatic carbocycles. The predicted octanol–water partition coefficient (Wildman–Crippen LogP) is 5.51. The van der Waals surface area contributed by atoms with Crippen LogP contribution in [0.5, 0.6) is 0 Å². The number of aliphatic hydroxyl groups is 1. The number of carboxylic acids is 1. The summed E-state index contributed by atoms with van der Waals surface area (Å²) < 4.78 is 5.91. The van der Waals surface area contributed by atoms with Crippen LogP contribution in [0.2, 0.25) is 0 Å². The molecule has 1 aromatic heterocycles. The monoisotopic (exact) mass is 465 g/mol. The number of unbranched alkanes of at least 4 members (excludes halogenated alkanes) is 2. The SMILES string of the molecule is CCCCCC(CO)c1ccc(N2CCC(Cl)[C@@H]2COCc2ccc(C(=O)O)s2)cc1. The van der Waals surface area contributed by atoms with Gasteiger partial charge in [-0.2, -0.15) is 0 Å². The van der Waals surface area contributed by atoms with Crippen molar-refractivity contribution < 1.29 is 19.7 Å². The Balaban J connectivity index is 1.58. The minimum absolute atomic E-state index is 0.0110. The number of alkyl halides is 1. The van der Waals surface area contributed by atoms with E-state index in [1.165, 1.54) is 29.7 Å². The molecule has 5 nitrogen and oxygen atoms in total. The van der Waals surface area contributed by atoms with Crippen molar-refractivity contribution in [1.82, 2.24) is 0 Å². The minimum Gasteiger partial charge on any atom is -0.477 e. The van der Waals surface area contributed by atoms with Crippen LogP contribution in [-0.2, 0) is 11.3 Å². The molecule has 1 saturated heterocycles. The fourth-order valence-electron chi connectivity index (χ4n) is 4.12. The molecular formula is C24H32ClNO4S. The molecule has 170 valence electrons. The van der Waals surface area contributed by atoms with Gasteiger partial charge in [0.1, 0.15) is 4.88 Å². The number of carbonyl (C=O) groups is 1. The Morgan fingerprint density at radius 1 is 1.26 bits per heavy atom. The number of hydrogen-bond donors (Lipinski definition) is 2. The highest BCUT2D eigenvalue weighted by Gasteiger charge is 2.33. The van der Waals surface area contributed by atoms with Crippen molar-refractivity contribution in [2.45, 2.75) is 63.0 Å². The molecule has 0 aliphatic carbocycles. The third kappa shape index (κ3) is 6.45. The second-order valence-electron chi connectivity index (χ2n) is 8.12. The largest absolute Gasteiger partial charge is 0.477 e. The van der Waals surface area contributed by atoms with Gasteiger partial charge in [-0.1, -0.05) is 38.3 Å². The number of benzene rings is 1.